The third kappa shape index (κ3) is 2.84. The van der Waals surface area contributed by atoms with Crippen LogP contribution in [0, 0.1) is 0 Å². The molecule has 0 bridgehead atoms. The normalized spacial score (nSPS) is 17.0. The van der Waals surface area contributed by atoms with E-state index in [2.05, 4.69) is 10.3 Å². The summed E-state index contributed by atoms with van der Waals surface area (Å²) in [4.78, 5) is 17.1. The molecule has 1 atom stereocenters. The molecule has 1 aromatic heterocycles. The van der Waals surface area contributed by atoms with E-state index in [9.17, 15) is 4.79 Å². The standard InChI is InChI=1S/C15H14ClN3O2/c1-21-11-4-2-10(3-5-11)8-19-9-12-13(16)6-7-17-14(12)18-15(19)20/h2-7H,8-9H2,1H3,(H,17,18,20)/p+1. The SMILES string of the molecule is COc1ccc(C[NH+]2Cc3c(Cl)ccnc3NC2=O)cc1. The van der Waals surface area contributed by atoms with Crippen molar-refractivity contribution >= 4 is 23.4 Å². The maximum absolute atomic E-state index is 12.1. The van der Waals surface area contributed by atoms with Crippen LogP contribution < -0.4 is 15.0 Å². The average molecular weight is 305 g/mol. The molecule has 0 saturated heterocycles. The number of rotatable bonds is 3. The molecule has 2 aromatic rings. The maximum Gasteiger partial charge on any atom is 0.421 e. The van der Waals surface area contributed by atoms with E-state index < -0.39 is 0 Å². The van der Waals surface area contributed by atoms with Gasteiger partial charge in [0.05, 0.1) is 17.7 Å². The van der Waals surface area contributed by atoms with Gasteiger partial charge in [0, 0.05) is 11.8 Å². The third-order valence-electron chi connectivity index (χ3n) is 3.52. The second kappa shape index (κ2) is 5.71. The van der Waals surface area contributed by atoms with Crippen molar-refractivity contribution in [3.8, 4) is 5.75 Å². The van der Waals surface area contributed by atoms with Gasteiger partial charge in [-0.1, -0.05) is 11.6 Å². The molecule has 21 heavy (non-hydrogen) atoms. The van der Waals surface area contributed by atoms with Crippen molar-refractivity contribution in [1.82, 2.24) is 4.98 Å². The Kier molecular flexibility index (Phi) is 3.77. The topological polar surface area (TPSA) is 55.7 Å². The van der Waals surface area contributed by atoms with Crippen molar-refractivity contribution < 1.29 is 14.4 Å². The fourth-order valence-electron chi connectivity index (χ4n) is 2.37. The summed E-state index contributed by atoms with van der Waals surface area (Å²) in [5, 5.41) is 3.43. The van der Waals surface area contributed by atoms with Crippen LogP contribution in [0.1, 0.15) is 11.1 Å². The molecule has 2 heterocycles. The number of aromatic nitrogens is 1. The highest BCUT2D eigenvalue weighted by molar-refractivity contribution is 6.31. The molecule has 1 aromatic carbocycles. The van der Waals surface area contributed by atoms with Gasteiger partial charge in [0.25, 0.3) is 0 Å². The number of nitrogens with one attached hydrogen (secondary N) is 2. The summed E-state index contributed by atoms with van der Waals surface area (Å²) in [5.74, 6) is 1.36. The van der Waals surface area contributed by atoms with E-state index in [1.54, 1.807) is 19.4 Å². The number of hydrogen-bond acceptors (Lipinski definition) is 3. The zero-order valence-corrected chi connectivity index (χ0v) is 12.3. The van der Waals surface area contributed by atoms with Crippen molar-refractivity contribution in [1.29, 1.82) is 0 Å². The quantitative estimate of drug-likeness (QED) is 0.910. The summed E-state index contributed by atoms with van der Waals surface area (Å²) in [6.07, 6.45) is 1.59. The number of ether oxygens (including phenoxy) is 1. The Hall–Kier alpha value is -2.11. The maximum atomic E-state index is 12.1. The lowest BCUT2D eigenvalue weighted by Gasteiger charge is -2.24. The van der Waals surface area contributed by atoms with Gasteiger partial charge in [-0.3, -0.25) is 5.32 Å². The zero-order chi connectivity index (χ0) is 14.8. The summed E-state index contributed by atoms with van der Waals surface area (Å²) in [6.45, 7) is 1.11. The number of nitrogens with zero attached hydrogens (tertiary/aromatic N) is 1. The Morgan fingerprint density at radius 3 is 2.81 bits per heavy atom. The smallest absolute Gasteiger partial charge is 0.421 e. The predicted octanol–water partition coefficient (Wildman–Crippen LogP) is 1.87. The van der Waals surface area contributed by atoms with E-state index in [0.29, 0.717) is 23.9 Å². The highest BCUT2D eigenvalue weighted by Crippen LogP contribution is 2.22. The summed E-state index contributed by atoms with van der Waals surface area (Å²) in [7, 11) is 1.63. The highest BCUT2D eigenvalue weighted by Gasteiger charge is 2.30. The zero-order valence-electron chi connectivity index (χ0n) is 11.5. The fraction of sp³-hybridized carbons (Fsp3) is 0.200. The molecule has 6 heteroatoms. The number of halogens is 1. The molecule has 1 unspecified atom stereocenters. The minimum atomic E-state index is -0.0897. The number of methoxy groups -OCH3 is 1. The van der Waals surface area contributed by atoms with Crippen LogP contribution in [-0.2, 0) is 13.1 Å². The second-order valence-corrected chi connectivity index (χ2v) is 5.29. The molecular weight excluding hydrogens is 290 g/mol. The van der Waals surface area contributed by atoms with Gasteiger partial charge < -0.3 is 4.74 Å². The summed E-state index contributed by atoms with van der Waals surface area (Å²) in [6, 6.07) is 9.34. The fourth-order valence-corrected chi connectivity index (χ4v) is 2.58. The first-order valence-corrected chi connectivity index (χ1v) is 6.97. The first kappa shape index (κ1) is 13.9. The third-order valence-corrected chi connectivity index (χ3v) is 3.87. The van der Waals surface area contributed by atoms with Crippen LogP contribution in [0.25, 0.3) is 0 Å². The molecular formula is C15H15ClN3O2+. The molecule has 3 rings (SSSR count). The van der Waals surface area contributed by atoms with Crippen LogP contribution in [0.2, 0.25) is 5.02 Å². The Bertz CT molecular complexity index is 673. The molecule has 0 aliphatic carbocycles. The van der Waals surface area contributed by atoms with Gasteiger partial charge in [-0.25, -0.2) is 14.7 Å². The number of hydrogen-bond donors (Lipinski definition) is 2. The molecule has 2 amide bonds. The number of carbonyl (C=O) groups excluding carboxylic acids is 1. The largest absolute Gasteiger partial charge is 0.497 e. The van der Waals surface area contributed by atoms with Gasteiger partial charge in [0.1, 0.15) is 24.7 Å². The van der Waals surface area contributed by atoms with E-state index in [1.807, 2.05) is 24.3 Å². The molecule has 0 spiro atoms. The van der Waals surface area contributed by atoms with Crippen molar-refractivity contribution in [2.75, 3.05) is 12.4 Å². The Morgan fingerprint density at radius 1 is 1.33 bits per heavy atom. The Morgan fingerprint density at radius 2 is 2.10 bits per heavy atom. The average Bonchev–Trinajstić information content (AvgIpc) is 2.50. The Balaban J connectivity index is 1.80. The first-order valence-electron chi connectivity index (χ1n) is 6.59. The molecule has 1 aliphatic heterocycles. The monoisotopic (exact) mass is 304 g/mol. The van der Waals surface area contributed by atoms with E-state index in [4.69, 9.17) is 16.3 Å². The van der Waals surface area contributed by atoms with Crippen LogP contribution >= 0.6 is 11.6 Å². The highest BCUT2D eigenvalue weighted by atomic mass is 35.5. The molecule has 1 aliphatic rings. The van der Waals surface area contributed by atoms with Gasteiger partial charge in [-0.2, -0.15) is 0 Å². The number of pyridine rings is 1. The van der Waals surface area contributed by atoms with Crippen LogP contribution in [0.4, 0.5) is 10.6 Å². The molecule has 0 radical (unpaired) electrons. The molecule has 108 valence electrons. The van der Waals surface area contributed by atoms with Crippen molar-refractivity contribution in [2.24, 2.45) is 0 Å². The molecule has 0 fully saturated rings. The number of carbonyl (C=O) groups is 1. The summed E-state index contributed by atoms with van der Waals surface area (Å²) >= 11 is 6.18. The number of anilines is 1. The lowest BCUT2D eigenvalue weighted by Crippen LogP contribution is -3.13. The first-order chi connectivity index (χ1) is 10.2. The lowest BCUT2D eigenvalue weighted by atomic mass is 10.1. The van der Waals surface area contributed by atoms with Crippen molar-refractivity contribution in [3.63, 3.8) is 0 Å². The van der Waals surface area contributed by atoms with E-state index in [1.165, 1.54) is 0 Å². The van der Waals surface area contributed by atoms with Crippen LogP contribution in [0.3, 0.4) is 0 Å². The predicted molar refractivity (Wildman–Crippen MR) is 79.6 cm³/mol. The molecule has 2 N–H and O–H groups in total. The van der Waals surface area contributed by atoms with E-state index >= 15 is 0 Å². The second-order valence-electron chi connectivity index (χ2n) is 4.88. The summed E-state index contributed by atoms with van der Waals surface area (Å²) in [5.41, 5.74) is 1.94. The van der Waals surface area contributed by atoms with Gasteiger partial charge in [0.15, 0.2) is 0 Å². The van der Waals surface area contributed by atoms with Gasteiger partial charge in [-0.05, 0) is 30.3 Å². The minimum absolute atomic E-state index is 0.0897. The number of urea groups is 1. The van der Waals surface area contributed by atoms with Crippen LogP contribution in [0.15, 0.2) is 36.5 Å². The molecule has 5 nitrogen and oxygen atoms in total. The van der Waals surface area contributed by atoms with Gasteiger partial charge in [0.2, 0.25) is 0 Å². The number of amides is 2. The van der Waals surface area contributed by atoms with Crippen LogP contribution in [0.5, 0.6) is 5.75 Å². The number of benzene rings is 1. The molecule has 0 saturated carbocycles. The van der Waals surface area contributed by atoms with Crippen LogP contribution in [-0.4, -0.2) is 18.1 Å². The minimum Gasteiger partial charge on any atom is -0.497 e. The van der Waals surface area contributed by atoms with Gasteiger partial charge >= 0.3 is 6.03 Å². The lowest BCUT2D eigenvalue weighted by molar-refractivity contribution is -0.843. The number of quaternary nitrogens is 1. The summed E-state index contributed by atoms with van der Waals surface area (Å²) < 4.78 is 5.13. The van der Waals surface area contributed by atoms with Crippen molar-refractivity contribution in [2.45, 2.75) is 13.1 Å². The van der Waals surface area contributed by atoms with E-state index in [0.717, 1.165) is 21.8 Å². The number of fused-ring (bicyclic) bond motifs is 1. The van der Waals surface area contributed by atoms with Gasteiger partial charge in [-0.15, -0.1) is 0 Å². The Labute approximate surface area is 127 Å². The van der Waals surface area contributed by atoms with E-state index in [-0.39, 0.29) is 6.03 Å². The van der Waals surface area contributed by atoms with Crippen molar-refractivity contribution in [3.05, 3.63) is 52.7 Å².